The van der Waals surface area contributed by atoms with Gasteiger partial charge in [-0.2, -0.15) is 0 Å². The zero-order valence-electron chi connectivity index (χ0n) is 19.8. The quantitative estimate of drug-likeness (QED) is 0.706. The Balaban J connectivity index is 1.40. The molecular weight excluding hydrogens is 418 g/mol. The third-order valence-electron chi connectivity index (χ3n) is 7.66. The van der Waals surface area contributed by atoms with Crippen LogP contribution >= 0.6 is 0 Å². The number of piperidine rings is 2. The van der Waals surface area contributed by atoms with Gasteiger partial charge in [-0.3, -0.25) is 14.4 Å². The van der Waals surface area contributed by atoms with E-state index in [1.165, 1.54) is 0 Å². The lowest BCUT2D eigenvalue weighted by Crippen LogP contribution is -2.53. The standard InChI is InChI=1S/C26H37N3O4/c1-20(30)28-15-10-22(11-16-28)25(32)29-14-6-13-26(19-29)12-5-4-8-21-7-2-3-9-23(21)33-17-24(31)27-18-26/h2-3,7,9,22H,4-6,8,10-19H2,1H3,(H,27,31). The Kier molecular flexibility index (Phi) is 7.56. The Hall–Kier alpha value is -2.57. The molecule has 2 saturated heterocycles. The van der Waals surface area contributed by atoms with Crippen molar-refractivity contribution in [3.05, 3.63) is 29.8 Å². The molecule has 2 fully saturated rings. The van der Waals surface area contributed by atoms with Crippen molar-refractivity contribution in [3.8, 4) is 5.75 Å². The minimum absolute atomic E-state index is 0.00138. The van der Waals surface area contributed by atoms with E-state index in [2.05, 4.69) is 11.4 Å². The summed E-state index contributed by atoms with van der Waals surface area (Å²) in [6, 6.07) is 7.96. The summed E-state index contributed by atoms with van der Waals surface area (Å²) in [6.45, 7) is 5.03. The van der Waals surface area contributed by atoms with E-state index in [9.17, 15) is 14.4 Å². The van der Waals surface area contributed by atoms with Crippen LogP contribution in [0.4, 0.5) is 0 Å². The summed E-state index contributed by atoms with van der Waals surface area (Å²) in [5.74, 6) is 1.01. The molecule has 1 aromatic rings. The molecule has 1 atom stereocenters. The first kappa shape index (κ1) is 23.6. The lowest BCUT2D eigenvalue weighted by Gasteiger charge is -2.45. The molecule has 0 bridgehead atoms. The number of carbonyl (C=O) groups excluding carboxylic acids is 3. The predicted molar refractivity (Wildman–Crippen MR) is 126 cm³/mol. The highest BCUT2D eigenvalue weighted by molar-refractivity contribution is 5.80. The van der Waals surface area contributed by atoms with Gasteiger partial charge in [0.25, 0.3) is 5.91 Å². The first-order valence-electron chi connectivity index (χ1n) is 12.5. The van der Waals surface area contributed by atoms with E-state index >= 15 is 0 Å². The fourth-order valence-corrected chi connectivity index (χ4v) is 5.68. The number of nitrogens with zero attached hydrogens (tertiary/aromatic N) is 2. The van der Waals surface area contributed by atoms with Crippen molar-refractivity contribution >= 4 is 17.7 Å². The normalized spacial score (nSPS) is 25.3. The van der Waals surface area contributed by atoms with Gasteiger partial charge in [0.15, 0.2) is 6.61 Å². The van der Waals surface area contributed by atoms with Gasteiger partial charge in [0, 0.05) is 51.0 Å². The lowest BCUT2D eigenvalue weighted by atomic mass is 9.75. The number of fused-ring (bicyclic) bond motifs is 1. The molecule has 0 aromatic heterocycles. The monoisotopic (exact) mass is 455 g/mol. The van der Waals surface area contributed by atoms with Crippen LogP contribution in [0.3, 0.4) is 0 Å². The number of likely N-dealkylation sites (tertiary alicyclic amines) is 2. The molecule has 7 heteroatoms. The number of hydrogen-bond acceptors (Lipinski definition) is 4. The number of aryl methyl sites for hydroxylation is 1. The first-order valence-corrected chi connectivity index (χ1v) is 12.5. The fraction of sp³-hybridized carbons (Fsp3) is 0.654. The lowest BCUT2D eigenvalue weighted by molar-refractivity contribution is -0.143. The second kappa shape index (κ2) is 10.6. The minimum atomic E-state index is -0.107. The van der Waals surface area contributed by atoms with Crippen LogP contribution in [0.1, 0.15) is 57.4 Å². The van der Waals surface area contributed by atoms with Crippen LogP contribution in [0.5, 0.6) is 5.75 Å². The van der Waals surface area contributed by atoms with Crippen LogP contribution in [-0.4, -0.2) is 66.9 Å². The highest BCUT2D eigenvalue weighted by Crippen LogP contribution is 2.36. The largest absolute Gasteiger partial charge is 0.483 e. The molecule has 3 amide bonds. The van der Waals surface area contributed by atoms with Crippen LogP contribution < -0.4 is 10.1 Å². The molecule has 7 nitrogen and oxygen atoms in total. The number of hydrogen-bond donors (Lipinski definition) is 1. The third-order valence-corrected chi connectivity index (χ3v) is 7.66. The van der Waals surface area contributed by atoms with Crippen LogP contribution in [-0.2, 0) is 20.8 Å². The number of rotatable bonds is 1. The first-order chi connectivity index (χ1) is 16.0. The van der Waals surface area contributed by atoms with Crippen molar-refractivity contribution in [2.45, 2.75) is 58.3 Å². The summed E-state index contributed by atoms with van der Waals surface area (Å²) in [6.07, 6.45) is 7.54. The van der Waals surface area contributed by atoms with Gasteiger partial charge in [0.2, 0.25) is 11.8 Å². The topological polar surface area (TPSA) is 79.0 Å². The van der Waals surface area contributed by atoms with Gasteiger partial charge < -0.3 is 19.9 Å². The van der Waals surface area contributed by atoms with Crippen molar-refractivity contribution in [2.75, 3.05) is 39.3 Å². The zero-order valence-corrected chi connectivity index (χ0v) is 19.8. The fourth-order valence-electron chi connectivity index (χ4n) is 5.68. The molecule has 33 heavy (non-hydrogen) atoms. The molecule has 3 aliphatic rings. The molecule has 0 aliphatic carbocycles. The molecule has 3 aliphatic heterocycles. The Morgan fingerprint density at radius 1 is 1.03 bits per heavy atom. The molecule has 1 N–H and O–H groups in total. The van der Waals surface area contributed by atoms with Crippen LogP contribution in [0.15, 0.2) is 24.3 Å². The van der Waals surface area contributed by atoms with Crippen molar-refractivity contribution in [2.24, 2.45) is 11.3 Å². The minimum Gasteiger partial charge on any atom is -0.483 e. The zero-order chi connectivity index (χ0) is 23.3. The number of carbonyl (C=O) groups is 3. The van der Waals surface area contributed by atoms with Gasteiger partial charge in [-0.05, 0) is 56.6 Å². The summed E-state index contributed by atoms with van der Waals surface area (Å²) in [5, 5.41) is 3.10. The number of para-hydroxylation sites is 1. The van der Waals surface area contributed by atoms with Crippen LogP contribution in [0.25, 0.3) is 0 Å². The Labute approximate surface area is 196 Å². The smallest absolute Gasteiger partial charge is 0.257 e. The molecule has 1 unspecified atom stereocenters. The van der Waals surface area contributed by atoms with Crippen LogP contribution in [0.2, 0.25) is 0 Å². The van der Waals surface area contributed by atoms with Gasteiger partial charge in [0.1, 0.15) is 5.75 Å². The van der Waals surface area contributed by atoms with Crippen molar-refractivity contribution in [1.29, 1.82) is 0 Å². The predicted octanol–water partition coefficient (Wildman–Crippen LogP) is 2.78. The Morgan fingerprint density at radius 3 is 2.58 bits per heavy atom. The maximum atomic E-state index is 13.3. The van der Waals surface area contributed by atoms with Crippen molar-refractivity contribution < 1.29 is 19.1 Å². The highest BCUT2D eigenvalue weighted by atomic mass is 16.5. The van der Waals surface area contributed by atoms with Gasteiger partial charge >= 0.3 is 0 Å². The number of nitrogens with one attached hydrogen (secondary N) is 1. The third kappa shape index (κ3) is 5.87. The van der Waals surface area contributed by atoms with E-state index in [0.717, 1.165) is 69.2 Å². The molecular formula is C26H37N3O4. The average Bonchev–Trinajstić information content (AvgIpc) is 2.84. The molecule has 1 aromatic carbocycles. The van der Waals surface area contributed by atoms with E-state index in [0.29, 0.717) is 26.2 Å². The SMILES string of the molecule is CC(=O)N1CCC(C(=O)N2CCCC3(CCCCc4ccccc4OCC(=O)NC3)C2)CC1. The number of benzene rings is 1. The maximum absolute atomic E-state index is 13.3. The summed E-state index contributed by atoms with van der Waals surface area (Å²) in [4.78, 5) is 41.4. The van der Waals surface area contributed by atoms with E-state index in [1.807, 2.05) is 28.0 Å². The van der Waals surface area contributed by atoms with Crippen molar-refractivity contribution in [1.82, 2.24) is 15.1 Å². The second-order valence-electron chi connectivity index (χ2n) is 10.0. The van der Waals surface area contributed by atoms with Crippen molar-refractivity contribution in [3.63, 3.8) is 0 Å². The van der Waals surface area contributed by atoms with E-state index in [1.54, 1.807) is 6.92 Å². The second-order valence-corrected chi connectivity index (χ2v) is 10.0. The molecule has 4 rings (SSSR count). The van der Waals surface area contributed by atoms with Crippen LogP contribution in [0, 0.1) is 11.3 Å². The average molecular weight is 456 g/mol. The molecule has 3 heterocycles. The summed E-state index contributed by atoms with van der Waals surface area (Å²) in [5.41, 5.74) is 1.07. The number of amides is 3. The molecule has 1 spiro atoms. The summed E-state index contributed by atoms with van der Waals surface area (Å²) < 4.78 is 5.81. The highest BCUT2D eigenvalue weighted by Gasteiger charge is 2.39. The van der Waals surface area contributed by atoms with Gasteiger partial charge in [-0.25, -0.2) is 0 Å². The van der Waals surface area contributed by atoms with E-state index < -0.39 is 0 Å². The summed E-state index contributed by atoms with van der Waals surface area (Å²) >= 11 is 0. The van der Waals surface area contributed by atoms with Gasteiger partial charge in [-0.15, -0.1) is 0 Å². The van der Waals surface area contributed by atoms with Gasteiger partial charge in [-0.1, -0.05) is 24.6 Å². The molecule has 0 radical (unpaired) electrons. The Bertz CT molecular complexity index is 865. The Morgan fingerprint density at radius 2 is 1.79 bits per heavy atom. The van der Waals surface area contributed by atoms with E-state index in [-0.39, 0.29) is 35.7 Å². The molecule has 0 saturated carbocycles. The molecule has 180 valence electrons. The summed E-state index contributed by atoms with van der Waals surface area (Å²) in [7, 11) is 0. The van der Waals surface area contributed by atoms with E-state index in [4.69, 9.17) is 4.74 Å². The van der Waals surface area contributed by atoms with Gasteiger partial charge in [0.05, 0.1) is 0 Å². The number of ether oxygens (including phenoxy) is 1. The maximum Gasteiger partial charge on any atom is 0.257 e.